The van der Waals surface area contributed by atoms with Crippen molar-refractivity contribution >= 4 is 75.4 Å². The molecule has 0 aliphatic carbocycles. The molecule has 0 heterocycles. The first-order valence-electron chi connectivity index (χ1n) is 6.77. The lowest BCUT2D eigenvalue weighted by Gasteiger charge is -2.13. The molecule has 25 heavy (non-hydrogen) atoms. The SMILES string of the molecule is CC(=O)c1ccc(NC(=O)COc2c(Cl)c(Cl)c(Cl)c(Cl)c2Cl)cc1. The molecule has 0 bridgehead atoms. The normalized spacial score (nSPS) is 10.5. The number of ketones is 1. The average molecular weight is 442 g/mol. The number of halogens is 5. The number of carbonyl (C=O) groups excluding carboxylic acids is 2. The maximum absolute atomic E-state index is 12.0. The van der Waals surface area contributed by atoms with Gasteiger partial charge in [0.15, 0.2) is 18.1 Å². The van der Waals surface area contributed by atoms with E-state index < -0.39 is 5.91 Å². The summed E-state index contributed by atoms with van der Waals surface area (Å²) in [7, 11) is 0. The molecule has 0 aliphatic heterocycles. The van der Waals surface area contributed by atoms with Crippen LogP contribution < -0.4 is 10.1 Å². The van der Waals surface area contributed by atoms with Crippen LogP contribution in [0.4, 0.5) is 5.69 Å². The zero-order valence-corrected chi connectivity index (χ0v) is 16.4. The topological polar surface area (TPSA) is 55.4 Å². The van der Waals surface area contributed by atoms with Crippen molar-refractivity contribution in [2.45, 2.75) is 6.92 Å². The van der Waals surface area contributed by atoms with Crippen LogP contribution in [0.2, 0.25) is 25.1 Å². The predicted molar refractivity (Wildman–Crippen MR) is 102 cm³/mol. The molecule has 0 fully saturated rings. The molecule has 0 radical (unpaired) electrons. The molecule has 0 spiro atoms. The second-order valence-corrected chi connectivity index (χ2v) is 6.76. The van der Waals surface area contributed by atoms with Crippen LogP contribution in [0.15, 0.2) is 24.3 Å². The quantitative estimate of drug-likeness (QED) is 0.343. The minimum atomic E-state index is -0.468. The van der Waals surface area contributed by atoms with E-state index in [1.54, 1.807) is 24.3 Å². The highest BCUT2D eigenvalue weighted by Crippen LogP contribution is 2.48. The summed E-state index contributed by atoms with van der Waals surface area (Å²) in [4.78, 5) is 23.2. The van der Waals surface area contributed by atoms with Crippen LogP contribution in [0.25, 0.3) is 0 Å². The first-order chi connectivity index (χ1) is 11.7. The second kappa shape index (κ2) is 8.47. The summed E-state index contributed by atoms with van der Waals surface area (Å²) in [6, 6.07) is 6.41. The van der Waals surface area contributed by atoms with Crippen molar-refractivity contribution in [3.05, 3.63) is 54.9 Å². The molecule has 2 aromatic carbocycles. The highest BCUT2D eigenvalue weighted by Gasteiger charge is 2.21. The third-order valence-electron chi connectivity index (χ3n) is 3.09. The van der Waals surface area contributed by atoms with Crippen molar-refractivity contribution in [2.75, 3.05) is 11.9 Å². The molecule has 4 nitrogen and oxygen atoms in total. The van der Waals surface area contributed by atoms with Crippen molar-refractivity contribution in [2.24, 2.45) is 0 Å². The zero-order chi connectivity index (χ0) is 18.7. The molecule has 0 aliphatic rings. The molecule has 9 heteroatoms. The Morgan fingerprint density at radius 3 is 1.84 bits per heavy atom. The fraction of sp³-hybridized carbons (Fsp3) is 0.125. The van der Waals surface area contributed by atoms with Crippen molar-refractivity contribution in [3.63, 3.8) is 0 Å². The van der Waals surface area contributed by atoms with E-state index in [4.69, 9.17) is 62.7 Å². The third-order valence-corrected chi connectivity index (χ3v) is 5.33. The molecule has 1 N–H and O–H groups in total. The van der Waals surface area contributed by atoms with Gasteiger partial charge in [0, 0.05) is 11.3 Å². The van der Waals surface area contributed by atoms with Gasteiger partial charge in [0.2, 0.25) is 0 Å². The molecule has 0 saturated carbocycles. The number of carbonyl (C=O) groups is 2. The molecule has 1 amide bonds. The Kier molecular flexibility index (Phi) is 6.83. The van der Waals surface area contributed by atoms with Gasteiger partial charge in [-0.3, -0.25) is 9.59 Å². The first-order valence-corrected chi connectivity index (χ1v) is 8.66. The van der Waals surface area contributed by atoms with E-state index in [2.05, 4.69) is 5.32 Å². The summed E-state index contributed by atoms with van der Waals surface area (Å²) in [5.74, 6) is -0.572. The van der Waals surface area contributed by atoms with Gasteiger partial charge >= 0.3 is 0 Å². The first kappa shape index (κ1) is 20.1. The molecular formula is C16H10Cl5NO3. The maximum Gasteiger partial charge on any atom is 0.262 e. The number of rotatable bonds is 5. The maximum atomic E-state index is 12.0. The number of hydrogen-bond donors (Lipinski definition) is 1. The van der Waals surface area contributed by atoms with Crippen LogP contribution in [0.3, 0.4) is 0 Å². The minimum Gasteiger partial charge on any atom is -0.481 e. The molecule has 2 rings (SSSR count). The van der Waals surface area contributed by atoms with Crippen LogP contribution >= 0.6 is 58.0 Å². The number of hydrogen-bond acceptors (Lipinski definition) is 3. The molecular weight excluding hydrogens is 431 g/mol. The molecule has 0 unspecified atom stereocenters. The van der Waals surface area contributed by atoms with E-state index in [-0.39, 0.29) is 43.3 Å². The lowest BCUT2D eigenvalue weighted by atomic mass is 10.1. The van der Waals surface area contributed by atoms with Gasteiger partial charge in [-0.1, -0.05) is 58.0 Å². The summed E-state index contributed by atoms with van der Waals surface area (Å²) in [6.07, 6.45) is 0. The van der Waals surface area contributed by atoms with E-state index >= 15 is 0 Å². The third kappa shape index (κ3) is 4.72. The van der Waals surface area contributed by atoms with E-state index in [0.717, 1.165) is 0 Å². The molecule has 0 saturated heterocycles. The van der Waals surface area contributed by atoms with Crippen molar-refractivity contribution in [1.29, 1.82) is 0 Å². The average Bonchev–Trinajstić information content (AvgIpc) is 2.58. The number of amides is 1. The number of Topliss-reactive ketones (excluding diaryl/α,β-unsaturated/α-hetero) is 1. The standard InChI is InChI=1S/C16H10Cl5NO3/c1-7(23)8-2-4-9(5-3-8)22-10(24)6-25-16-14(20)12(18)11(17)13(19)15(16)21/h2-5H,6H2,1H3,(H,22,24). The van der Waals surface area contributed by atoms with Gasteiger partial charge < -0.3 is 10.1 Å². The van der Waals surface area contributed by atoms with E-state index in [9.17, 15) is 9.59 Å². The van der Waals surface area contributed by atoms with Crippen molar-refractivity contribution in [1.82, 2.24) is 0 Å². The lowest BCUT2D eigenvalue weighted by Crippen LogP contribution is -2.20. The van der Waals surface area contributed by atoms with E-state index in [1.807, 2.05) is 0 Å². The largest absolute Gasteiger partial charge is 0.481 e. The summed E-state index contributed by atoms with van der Waals surface area (Å²) in [5.41, 5.74) is 1.04. The molecule has 0 atom stereocenters. The van der Waals surface area contributed by atoms with Gasteiger partial charge in [0.1, 0.15) is 10.0 Å². The molecule has 2 aromatic rings. The van der Waals surface area contributed by atoms with Gasteiger partial charge in [-0.15, -0.1) is 0 Å². The highest BCUT2D eigenvalue weighted by atomic mass is 35.5. The Balaban J connectivity index is 2.07. The minimum absolute atomic E-state index is 0.000644. The highest BCUT2D eigenvalue weighted by molar-refractivity contribution is 6.55. The van der Waals surface area contributed by atoms with Crippen molar-refractivity contribution < 1.29 is 14.3 Å². The van der Waals surface area contributed by atoms with Crippen LogP contribution in [-0.2, 0) is 4.79 Å². The lowest BCUT2D eigenvalue weighted by molar-refractivity contribution is -0.118. The van der Waals surface area contributed by atoms with Gasteiger partial charge in [0.25, 0.3) is 5.91 Å². The van der Waals surface area contributed by atoms with Gasteiger partial charge in [0.05, 0.1) is 15.1 Å². The number of nitrogens with one attached hydrogen (secondary N) is 1. The Hall–Kier alpha value is -1.17. The molecule has 0 aromatic heterocycles. The monoisotopic (exact) mass is 439 g/mol. The number of ether oxygens (including phenoxy) is 1. The van der Waals surface area contributed by atoms with E-state index in [1.165, 1.54) is 6.92 Å². The Morgan fingerprint density at radius 2 is 1.36 bits per heavy atom. The summed E-state index contributed by atoms with van der Waals surface area (Å²) in [6.45, 7) is 1.07. The van der Waals surface area contributed by atoms with Crippen LogP contribution in [0.1, 0.15) is 17.3 Å². The summed E-state index contributed by atoms with van der Waals surface area (Å²) < 4.78 is 5.32. The summed E-state index contributed by atoms with van der Waals surface area (Å²) >= 11 is 29.8. The van der Waals surface area contributed by atoms with Gasteiger partial charge in [-0.05, 0) is 31.2 Å². The van der Waals surface area contributed by atoms with Crippen LogP contribution in [0, 0.1) is 0 Å². The Morgan fingerprint density at radius 1 is 0.880 bits per heavy atom. The van der Waals surface area contributed by atoms with Crippen LogP contribution in [0.5, 0.6) is 5.75 Å². The second-order valence-electron chi connectivity index (χ2n) is 4.87. The fourth-order valence-corrected chi connectivity index (χ4v) is 3.06. The number of anilines is 1. The fourth-order valence-electron chi connectivity index (χ4n) is 1.83. The van der Waals surface area contributed by atoms with E-state index in [0.29, 0.717) is 11.3 Å². The Labute approximate surface area is 168 Å². The number of benzene rings is 2. The Bertz CT molecular complexity index is 808. The van der Waals surface area contributed by atoms with Crippen LogP contribution in [-0.4, -0.2) is 18.3 Å². The molecule has 132 valence electrons. The zero-order valence-electron chi connectivity index (χ0n) is 12.6. The van der Waals surface area contributed by atoms with Crippen molar-refractivity contribution in [3.8, 4) is 5.75 Å². The van der Waals surface area contributed by atoms with Gasteiger partial charge in [-0.25, -0.2) is 0 Å². The summed E-state index contributed by atoms with van der Waals surface area (Å²) in [5, 5.41) is 2.48. The van der Waals surface area contributed by atoms with Gasteiger partial charge in [-0.2, -0.15) is 0 Å². The smallest absolute Gasteiger partial charge is 0.262 e. The predicted octanol–water partition coefficient (Wildman–Crippen LogP) is 6.17.